The molecule has 0 saturated carbocycles. The number of ether oxygens (including phenoxy) is 13. The van der Waals surface area contributed by atoms with Crippen LogP contribution in [0.25, 0.3) is 0 Å². The lowest BCUT2D eigenvalue weighted by molar-refractivity contribution is -0.379. The van der Waals surface area contributed by atoms with Gasteiger partial charge in [-0.3, -0.25) is 19.3 Å². The Bertz CT molecular complexity index is 3400. The Kier molecular flexibility index (Phi) is 20.6. The Hall–Kier alpha value is -7.31. The number of esters is 1. The van der Waals surface area contributed by atoms with E-state index in [2.05, 4.69) is 0 Å². The monoisotopic (exact) mass is 1230 g/mol. The zero-order valence-electron chi connectivity index (χ0n) is 49.0. The van der Waals surface area contributed by atoms with Gasteiger partial charge in [-0.15, -0.1) is 0 Å². The molecule has 4 saturated heterocycles. The molecule has 1 unspecified atom stereocenters. The van der Waals surface area contributed by atoms with Crippen LogP contribution in [-0.4, -0.2) is 140 Å². The molecule has 0 radical (unpaired) electrons. The number of nitrogens with zero attached hydrogens (tertiary/aromatic N) is 1. The molecule has 0 aliphatic carbocycles. The number of amides is 2. The summed E-state index contributed by atoms with van der Waals surface area (Å²) in [7, 11) is 1.39. The number of fused-ring (bicyclic) bond motifs is 2. The van der Waals surface area contributed by atoms with Crippen molar-refractivity contribution in [1.82, 2.24) is 4.90 Å². The Balaban J connectivity index is 0.978. The van der Waals surface area contributed by atoms with Gasteiger partial charge in [-0.05, 0) is 46.5 Å². The highest BCUT2D eigenvalue weighted by Crippen LogP contribution is 2.44. The predicted molar refractivity (Wildman–Crippen MR) is 323 cm³/mol. The van der Waals surface area contributed by atoms with Crippen molar-refractivity contribution in [2.45, 2.75) is 125 Å². The fraction of sp³-hybridized carbons (Fsp3) is 0.343. The third-order valence-electron chi connectivity index (χ3n) is 16.1. The summed E-state index contributed by atoms with van der Waals surface area (Å²) in [5, 5.41) is -1.33. The number of hydrogen-bond donors (Lipinski definition) is 0. The van der Waals surface area contributed by atoms with Crippen LogP contribution < -0.4 is 0 Å². The first-order valence-corrected chi connectivity index (χ1v) is 30.6. The van der Waals surface area contributed by atoms with Crippen molar-refractivity contribution in [3.05, 3.63) is 251 Å². The highest BCUT2D eigenvalue weighted by molar-refractivity contribution is 8.14. The Morgan fingerprint density at radius 1 is 0.517 bits per heavy atom. The van der Waals surface area contributed by atoms with Crippen LogP contribution in [0.4, 0.5) is 0 Å². The average Bonchev–Trinajstić information content (AvgIpc) is 1.76. The van der Waals surface area contributed by atoms with Crippen molar-refractivity contribution >= 4 is 34.7 Å². The third kappa shape index (κ3) is 14.6. The molecule has 5 aliphatic heterocycles. The van der Waals surface area contributed by atoms with E-state index in [9.17, 15) is 9.59 Å². The number of thioether (sulfide) groups is 1. The van der Waals surface area contributed by atoms with Gasteiger partial charge in [0.05, 0.1) is 68.2 Å². The number of carbonyl (C=O) groups excluding carboxylic acids is 4. The minimum absolute atomic E-state index is 0.0563. The lowest BCUT2D eigenvalue weighted by Gasteiger charge is -2.53. The lowest BCUT2D eigenvalue weighted by Crippen LogP contribution is -2.70. The van der Waals surface area contributed by atoms with Gasteiger partial charge in [0.1, 0.15) is 54.9 Å². The van der Waals surface area contributed by atoms with Gasteiger partial charge in [-0.2, -0.15) is 0 Å². The van der Waals surface area contributed by atoms with Gasteiger partial charge in [0.2, 0.25) is 0 Å². The molecule has 2 amide bonds. The number of methoxy groups -OCH3 is 1. The molecule has 0 bridgehead atoms. The van der Waals surface area contributed by atoms with Crippen LogP contribution >= 0.6 is 11.8 Å². The molecule has 462 valence electrons. The normalized spacial score (nSPS) is 28.4. The van der Waals surface area contributed by atoms with Crippen molar-refractivity contribution in [3.63, 3.8) is 0 Å². The number of hydrogen-bond acceptors (Lipinski definition) is 18. The molecule has 89 heavy (non-hydrogen) atoms. The standard InChI is InChI=1S/C70H69NO17S/c1-44(72)89-63-59-55(43-81-67(87-59)50-33-19-8-20-34-50)84-70(62(63)85-66(75)49-31-17-7-18-32-49)88-60-56(71-64(73)51-35-21-22-36-52(51)65(71)74)68(76-2)83-54(41-77-37-45-23-9-3-10-24-45)58(60)86-69-61(80-40-48-29-15-6-16-30-48)57(79-39-47-27-13-5-14-28-47)53(42-82-69)78-38-46-25-11-4-12-26-46/h3-36,53-63,67-70H,37-43H2,1-2H3/t53-,54-,55-,56-,57-,58-,59+,60-,61+,62-,63+,67?,68-,69+,70+/m1/s1. The number of carbonyl (C=O) groups is 4. The van der Waals surface area contributed by atoms with E-state index in [1.807, 2.05) is 152 Å². The maximum absolute atomic E-state index is 15.1. The summed E-state index contributed by atoms with van der Waals surface area (Å²) in [6, 6.07) is 61.4. The molecule has 18 nitrogen and oxygen atoms in total. The molecule has 7 aromatic carbocycles. The highest BCUT2D eigenvalue weighted by Gasteiger charge is 2.61. The van der Waals surface area contributed by atoms with E-state index in [1.165, 1.54) is 14.0 Å². The molecule has 15 atom stereocenters. The van der Waals surface area contributed by atoms with Crippen LogP contribution in [0, 0.1) is 0 Å². The largest absolute Gasteiger partial charge is 0.452 e. The maximum atomic E-state index is 15.1. The molecule has 7 aromatic rings. The Morgan fingerprint density at radius 2 is 1.03 bits per heavy atom. The molecule has 0 N–H and O–H groups in total. The van der Waals surface area contributed by atoms with Crippen LogP contribution in [-0.2, 0) is 92.8 Å². The van der Waals surface area contributed by atoms with Crippen molar-refractivity contribution in [2.24, 2.45) is 0 Å². The van der Waals surface area contributed by atoms with Crippen molar-refractivity contribution in [2.75, 3.05) is 26.9 Å². The van der Waals surface area contributed by atoms with Gasteiger partial charge in [-0.25, -0.2) is 4.79 Å². The summed E-state index contributed by atoms with van der Waals surface area (Å²) in [6.07, 6.45) is -15.4. The maximum Gasteiger partial charge on any atom is 0.338 e. The molecule has 4 fully saturated rings. The fourth-order valence-corrected chi connectivity index (χ4v) is 12.9. The van der Waals surface area contributed by atoms with E-state index in [0.29, 0.717) is 5.56 Å². The zero-order chi connectivity index (χ0) is 61.1. The smallest absolute Gasteiger partial charge is 0.338 e. The molecule has 0 aromatic heterocycles. The second-order valence-electron chi connectivity index (χ2n) is 22.1. The predicted octanol–water partition coefficient (Wildman–Crippen LogP) is 9.84. The minimum Gasteiger partial charge on any atom is -0.452 e. The summed E-state index contributed by atoms with van der Waals surface area (Å²) < 4.78 is 89.0. The minimum atomic E-state index is -1.62. The highest BCUT2D eigenvalue weighted by atomic mass is 32.2. The summed E-state index contributed by atoms with van der Waals surface area (Å²) >= 11 is 0.903. The van der Waals surface area contributed by atoms with Gasteiger partial charge in [0.15, 0.2) is 36.4 Å². The second-order valence-corrected chi connectivity index (χ2v) is 23.4. The molecule has 19 heteroatoms. The second kappa shape index (κ2) is 29.5. The summed E-state index contributed by atoms with van der Waals surface area (Å²) in [6.45, 7) is 1.71. The van der Waals surface area contributed by atoms with E-state index in [0.717, 1.165) is 38.9 Å². The molecule has 5 heterocycles. The van der Waals surface area contributed by atoms with E-state index >= 15 is 9.59 Å². The first kappa shape index (κ1) is 61.9. The third-order valence-corrected chi connectivity index (χ3v) is 17.3. The first-order valence-electron chi connectivity index (χ1n) is 29.7. The number of rotatable bonds is 23. The van der Waals surface area contributed by atoms with Crippen molar-refractivity contribution < 1.29 is 80.8 Å². The quantitative estimate of drug-likeness (QED) is 0.0434. The zero-order valence-corrected chi connectivity index (χ0v) is 49.9. The Labute approximate surface area is 520 Å². The van der Waals surface area contributed by atoms with Gasteiger partial charge in [0.25, 0.3) is 11.8 Å². The van der Waals surface area contributed by atoms with Gasteiger partial charge < -0.3 is 61.6 Å². The molecular weight excluding hydrogens is 1160 g/mol. The number of benzene rings is 7. The molecule has 0 spiro atoms. The van der Waals surface area contributed by atoms with Gasteiger partial charge >= 0.3 is 5.97 Å². The fourth-order valence-electron chi connectivity index (χ4n) is 11.8. The van der Waals surface area contributed by atoms with Crippen molar-refractivity contribution in [1.29, 1.82) is 0 Å². The van der Waals surface area contributed by atoms with Crippen LogP contribution in [0.3, 0.4) is 0 Å². The van der Waals surface area contributed by atoms with E-state index in [1.54, 1.807) is 54.6 Å². The van der Waals surface area contributed by atoms with Crippen LogP contribution in [0.5, 0.6) is 0 Å². The molecule has 5 aliphatic rings. The summed E-state index contributed by atoms with van der Waals surface area (Å²) in [4.78, 5) is 59.6. The molecule has 12 rings (SSSR count). The van der Waals surface area contributed by atoms with Crippen LogP contribution in [0.1, 0.15) is 72.1 Å². The van der Waals surface area contributed by atoms with Gasteiger partial charge in [0, 0.05) is 19.6 Å². The van der Waals surface area contributed by atoms with E-state index in [4.69, 9.17) is 61.6 Å². The summed E-state index contributed by atoms with van der Waals surface area (Å²) in [5.41, 5.74) is 4.70. The van der Waals surface area contributed by atoms with E-state index < -0.39 is 109 Å². The average molecular weight is 1230 g/mol. The summed E-state index contributed by atoms with van der Waals surface area (Å²) in [5.74, 6) is -2.09. The van der Waals surface area contributed by atoms with Crippen molar-refractivity contribution in [3.8, 4) is 0 Å². The van der Waals surface area contributed by atoms with Crippen LogP contribution in [0.2, 0.25) is 0 Å². The lowest BCUT2D eigenvalue weighted by atomic mass is 9.93. The SMILES string of the molecule is CO[C@@H]1O[C@H](COCc2ccccc2)[C@@H](O[C@@H]2OC[C@@H](OCc3ccccc3)[C@@H](OCc3ccccc3)[C@@H]2OCc2ccccc2)[C@H](O[C@@H]2O[C@@H]3COC(c4ccccc4)O[C@@H]3[C@H](SC(C)=O)[C@H]2OC(=O)c2ccccc2)[C@H]1N1C(=O)c2ccccc2C1=O. The Morgan fingerprint density at radius 3 is 1.61 bits per heavy atom. The topological polar surface area (TPSA) is 192 Å². The first-order chi connectivity index (χ1) is 43.7. The van der Waals surface area contributed by atoms with E-state index in [-0.39, 0.29) is 68.1 Å². The van der Waals surface area contributed by atoms with Crippen LogP contribution in [0.15, 0.2) is 206 Å². The van der Waals surface area contributed by atoms with Gasteiger partial charge in [-0.1, -0.05) is 194 Å². The molecular formula is C70H69NO17S. The number of imide groups is 1.